The Balaban J connectivity index is 0.00000289. The van der Waals surface area contributed by atoms with Gasteiger partial charge in [0.1, 0.15) is 0 Å². The molecule has 2 N–H and O–H groups in total. The summed E-state index contributed by atoms with van der Waals surface area (Å²) in [4.78, 5) is 4.14. The molecule has 1 aromatic rings. The first kappa shape index (κ1) is 17.2. The highest BCUT2D eigenvalue weighted by Gasteiger charge is 2.00. The second-order valence-corrected chi connectivity index (χ2v) is 3.65. The Bertz CT molecular complexity index is 353. The van der Waals surface area contributed by atoms with Gasteiger partial charge in [-0.25, -0.2) is 0 Å². The number of aryl methyl sites for hydroxylation is 1. The summed E-state index contributed by atoms with van der Waals surface area (Å²) in [7, 11) is 5.39. The van der Waals surface area contributed by atoms with Gasteiger partial charge in [0.25, 0.3) is 0 Å². The highest BCUT2D eigenvalue weighted by molar-refractivity contribution is 14.0. The minimum atomic E-state index is 0. The van der Waals surface area contributed by atoms with Crippen molar-refractivity contribution in [1.82, 2.24) is 20.4 Å². The number of guanidine groups is 1. The highest BCUT2D eigenvalue weighted by atomic mass is 127. The first-order valence-electron chi connectivity index (χ1n) is 5.68. The van der Waals surface area contributed by atoms with E-state index in [-0.39, 0.29) is 24.0 Å². The van der Waals surface area contributed by atoms with Crippen LogP contribution in [0.3, 0.4) is 0 Å². The SMILES string of the molecule is CN=C(NCCCOC)NCc1ccnn1C.I. The van der Waals surface area contributed by atoms with Crippen molar-refractivity contribution in [3.8, 4) is 0 Å². The topological polar surface area (TPSA) is 63.5 Å². The van der Waals surface area contributed by atoms with Crippen molar-refractivity contribution >= 4 is 29.9 Å². The van der Waals surface area contributed by atoms with Crippen LogP contribution in [0, 0.1) is 0 Å². The van der Waals surface area contributed by atoms with Crippen molar-refractivity contribution in [3.63, 3.8) is 0 Å². The molecule has 1 aromatic heterocycles. The average Bonchev–Trinajstić information content (AvgIpc) is 2.74. The molecule has 0 aliphatic carbocycles. The number of aromatic nitrogens is 2. The number of halogens is 1. The normalized spacial score (nSPS) is 10.9. The Morgan fingerprint density at radius 2 is 2.28 bits per heavy atom. The maximum atomic E-state index is 4.98. The van der Waals surface area contributed by atoms with E-state index in [1.807, 2.05) is 17.8 Å². The van der Waals surface area contributed by atoms with Gasteiger partial charge in [0.15, 0.2) is 5.96 Å². The summed E-state index contributed by atoms with van der Waals surface area (Å²) in [6.07, 6.45) is 2.74. The first-order valence-corrected chi connectivity index (χ1v) is 5.68. The van der Waals surface area contributed by atoms with E-state index in [2.05, 4.69) is 20.7 Å². The van der Waals surface area contributed by atoms with Gasteiger partial charge in [-0.2, -0.15) is 5.10 Å². The molecule has 1 rings (SSSR count). The van der Waals surface area contributed by atoms with E-state index in [4.69, 9.17) is 4.74 Å². The maximum Gasteiger partial charge on any atom is 0.191 e. The molecule has 6 nitrogen and oxygen atoms in total. The number of hydrogen-bond acceptors (Lipinski definition) is 3. The molecule has 0 saturated heterocycles. The zero-order valence-corrected chi connectivity index (χ0v) is 13.5. The van der Waals surface area contributed by atoms with Crippen LogP contribution in [0.25, 0.3) is 0 Å². The molecule has 7 heteroatoms. The van der Waals surface area contributed by atoms with Gasteiger partial charge in [-0.1, -0.05) is 0 Å². The Labute approximate surface area is 125 Å². The van der Waals surface area contributed by atoms with Crippen LogP contribution in [0.1, 0.15) is 12.1 Å². The lowest BCUT2D eigenvalue weighted by Crippen LogP contribution is -2.37. The number of ether oxygens (including phenoxy) is 1. The summed E-state index contributed by atoms with van der Waals surface area (Å²) in [6, 6.07) is 1.98. The van der Waals surface area contributed by atoms with Crippen LogP contribution in [0.4, 0.5) is 0 Å². The van der Waals surface area contributed by atoms with Crippen molar-refractivity contribution in [1.29, 1.82) is 0 Å². The molecule has 0 fully saturated rings. The van der Waals surface area contributed by atoms with Gasteiger partial charge in [0.05, 0.1) is 12.2 Å². The lowest BCUT2D eigenvalue weighted by Gasteiger charge is -2.11. The fraction of sp³-hybridized carbons (Fsp3) is 0.636. The van der Waals surface area contributed by atoms with Gasteiger partial charge in [-0.05, 0) is 12.5 Å². The van der Waals surface area contributed by atoms with Crippen LogP contribution in [-0.4, -0.2) is 43.0 Å². The molecule has 104 valence electrons. The van der Waals surface area contributed by atoms with Crippen molar-refractivity contribution in [2.24, 2.45) is 12.0 Å². The second-order valence-electron chi connectivity index (χ2n) is 3.65. The van der Waals surface area contributed by atoms with E-state index in [0.717, 1.165) is 31.2 Å². The zero-order valence-electron chi connectivity index (χ0n) is 11.1. The van der Waals surface area contributed by atoms with Gasteiger partial charge >= 0.3 is 0 Å². The van der Waals surface area contributed by atoms with Crippen LogP contribution in [-0.2, 0) is 18.3 Å². The highest BCUT2D eigenvalue weighted by Crippen LogP contribution is 1.94. The zero-order chi connectivity index (χ0) is 12.5. The van der Waals surface area contributed by atoms with Crippen LogP contribution in [0.15, 0.2) is 17.3 Å². The summed E-state index contributed by atoms with van der Waals surface area (Å²) in [5.41, 5.74) is 1.12. The summed E-state index contributed by atoms with van der Waals surface area (Å²) in [6.45, 7) is 2.31. The largest absolute Gasteiger partial charge is 0.385 e. The molecule has 0 aliphatic rings. The fourth-order valence-electron chi connectivity index (χ4n) is 1.39. The Kier molecular flexibility index (Phi) is 9.66. The Morgan fingerprint density at radius 3 is 2.83 bits per heavy atom. The van der Waals surface area contributed by atoms with Crippen LogP contribution >= 0.6 is 24.0 Å². The quantitative estimate of drug-likeness (QED) is 0.337. The molecular weight excluding hydrogens is 345 g/mol. The van der Waals surface area contributed by atoms with Crippen LogP contribution < -0.4 is 10.6 Å². The average molecular weight is 367 g/mol. The van der Waals surface area contributed by atoms with Crippen LogP contribution in [0.5, 0.6) is 0 Å². The minimum Gasteiger partial charge on any atom is -0.385 e. The van der Waals surface area contributed by atoms with Crippen molar-refractivity contribution in [2.45, 2.75) is 13.0 Å². The summed E-state index contributed by atoms with van der Waals surface area (Å²) in [5.74, 6) is 0.794. The lowest BCUT2D eigenvalue weighted by atomic mass is 10.4. The standard InChI is InChI=1S/C11H21N5O.HI/c1-12-11(13-6-4-8-17-3)14-9-10-5-7-15-16(10)2;/h5,7H,4,6,8-9H2,1-3H3,(H2,12,13,14);1H. The molecule has 0 amide bonds. The molecule has 0 bridgehead atoms. The molecule has 0 spiro atoms. The van der Waals surface area contributed by atoms with Gasteiger partial charge in [0, 0.05) is 40.6 Å². The Morgan fingerprint density at radius 1 is 1.50 bits per heavy atom. The molecule has 0 aliphatic heterocycles. The number of methoxy groups -OCH3 is 1. The molecule has 1 heterocycles. The van der Waals surface area contributed by atoms with Gasteiger partial charge < -0.3 is 15.4 Å². The first-order chi connectivity index (χ1) is 8.27. The molecular formula is C11H22IN5O. The molecule has 0 atom stereocenters. The van der Waals surface area contributed by atoms with E-state index in [9.17, 15) is 0 Å². The summed E-state index contributed by atoms with van der Waals surface area (Å²) in [5, 5.41) is 10.5. The van der Waals surface area contributed by atoms with Crippen molar-refractivity contribution in [2.75, 3.05) is 27.3 Å². The summed E-state index contributed by atoms with van der Waals surface area (Å²) < 4.78 is 6.82. The molecule has 0 unspecified atom stereocenters. The second kappa shape index (κ2) is 10.1. The Hall–Kier alpha value is -0.830. The van der Waals surface area contributed by atoms with Gasteiger partial charge in [-0.3, -0.25) is 9.67 Å². The number of aliphatic imine (C=N–C) groups is 1. The molecule has 0 radical (unpaired) electrons. The van der Waals surface area contributed by atoms with E-state index >= 15 is 0 Å². The smallest absolute Gasteiger partial charge is 0.191 e. The number of rotatable bonds is 6. The third-order valence-electron chi connectivity index (χ3n) is 2.40. The van der Waals surface area contributed by atoms with Crippen molar-refractivity contribution in [3.05, 3.63) is 18.0 Å². The minimum absolute atomic E-state index is 0. The van der Waals surface area contributed by atoms with Crippen LogP contribution in [0.2, 0.25) is 0 Å². The number of nitrogens with zero attached hydrogens (tertiary/aromatic N) is 3. The van der Waals surface area contributed by atoms with Crippen molar-refractivity contribution < 1.29 is 4.74 Å². The number of hydrogen-bond donors (Lipinski definition) is 2. The monoisotopic (exact) mass is 367 g/mol. The third-order valence-corrected chi connectivity index (χ3v) is 2.40. The maximum absolute atomic E-state index is 4.98. The number of nitrogens with one attached hydrogen (secondary N) is 2. The van der Waals surface area contributed by atoms with Gasteiger partial charge in [0.2, 0.25) is 0 Å². The molecule has 18 heavy (non-hydrogen) atoms. The fourth-order valence-corrected chi connectivity index (χ4v) is 1.39. The molecule has 0 saturated carbocycles. The van der Waals surface area contributed by atoms with E-state index in [0.29, 0.717) is 6.54 Å². The summed E-state index contributed by atoms with van der Waals surface area (Å²) >= 11 is 0. The predicted octanol–water partition coefficient (Wildman–Crippen LogP) is 0.740. The lowest BCUT2D eigenvalue weighted by molar-refractivity contribution is 0.195. The van der Waals surface area contributed by atoms with E-state index < -0.39 is 0 Å². The van der Waals surface area contributed by atoms with E-state index in [1.165, 1.54) is 0 Å². The van der Waals surface area contributed by atoms with Gasteiger partial charge in [-0.15, -0.1) is 24.0 Å². The third kappa shape index (κ3) is 6.20. The van der Waals surface area contributed by atoms with E-state index in [1.54, 1.807) is 20.4 Å². The molecule has 0 aromatic carbocycles. The predicted molar refractivity (Wildman–Crippen MR) is 83.3 cm³/mol.